The fourth-order valence-electron chi connectivity index (χ4n) is 1.60. The maximum absolute atomic E-state index is 12.7. The first kappa shape index (κ1) is 14.1. The molecule has 0 aliphatic heterocycles. The Morgan fingerprint density at radius 3 is 2.47 bits per heavy atom. The van der Waals surface area contributed by atoms with Crippen LogP contribution in [0.5, 0.6) is 0 Å². The van der Waals surface area contributed by atoms with Crippen LogP contribution in [0.15, 0.2) is 24.3 Å². The molecule has 0 saturated heterocycles. The minimum absolute atomic E-state index is 0.236. The third-order valence-electron chi connectivity index (χ3n) is 2.47. The zero-order chi connectivity index (χ0) is 12.7. The summed E-state index contributed by atoms with van der Waals surface area (Å²) in [6.07, 6.45) is -0.437. The van der Waals surface area contributed by atoms with E-state index in [1.807, 2.05) is 5.01 Å². The summed E-state index contributed by atoms with van der Waals surface area (Å²) in [5.41, 5.74) is 4.00. The van der Waals surface area contributed by atoms with Gasteiger partial charge in [-0.05, 0) is 31.8 Å². The van der Waals surface area contributed by atoms with Gasteiger partial charge in [0.25, 0.3) is 0 Å². The second-order valence-corrected chi connectivity index (χ2v) is 3.94. The van der Waals surface area contributed by atoms with Crippen LogP contribution in [0.4, 0.5) is 4.39 Å². The van der Waals surface area contributed by atoms with Gasteiger partial charge >= 0.3 is 0 Å². The summed E-state index contributed by atoms with van der Waals surface area (Å²) in [5, 5.41) is 14.5. The van der Waals surface area contributed by atoms with Crippen molar-refractivity contribution in [3.63, 3.8) is 0 Å². The van der Waals surface area contributed by atoms with Gasteiger partial charge < -0.3 is 10.4 Å². The van der Waals surface area contributed by atoms with E-state index in [1.54, 1.807) is 26.2 Å². The minimum atomic E-state index is -0.437. The zero-order valence-corrected chi connectivity index (χ0v) is 10.3. The van der Waals surface area contributed by atoms with Crippen LogP contribution in [0, 0.1) is 5.82 Å². The Bertz CT molecular complexity index is 318. The van der Waals surface area contributed by atoms with Crippen molar-refractivity contribution in [3.05, 3.63) is 35.6 Å². The predicted octanol–water partition coefficient (Wildman–Crippen LogP) is 0.342. The number of hydrogen-bond donors (Lipinski definition) is 3. The van der Waals surface area contributed by atoms with Crippen LogP contribution in [0.2, 0.25) is 0 Å². The highest BCUT2D eigenvalue weighted by atomic mass is 19.1. The van der Waals surface area contributed by atoms with Gasteiger partial charge in [-0.3, -0.25) is 5.43 Å². The van der Waals surface area contributed by atoms with E-state index in [0.717, 1.165) is 5.56 Å². The molecule has 1 aromatic rings. The van der Waals surface area contributed by atoms with E-state index in [9.17, 15) is 9.50 Å². The number of rotatable bonds is 7. The summed E-state index contributed by atoms with van der Waals surface area (Å²) in [4.78, 5) is 0. The third-order valence-corrected chi connectivity index (χ3v) is 2.47. The number of hydrogen-bond acceptors (Lipinski definition) is 4. The van der Waals surface area contributed by atoms with Gasteiger partial charge in [-0.1, -0.05) is 12.1 Å². The van der Waals surface area contributed by atoms with Crippen LogP contribution >= 0.6 is 0 Å². The molecule has 0 amide bonds. The molecule has 1 atom stereocenters. The fraction of sp³-hybridized carbons (Fsp3) is 0.500. The van der Waals surface area contributed by atoms with Gasteiger partial charge in [0.2, 0.25) is 0 Å². The van der Waals surface area contributed by atoms with E-state index in [2.05, 4.69) is 10.7 Å². The fourth-order valence-corrected chi connectivity index (χ4v) is 1.60. The van der Waals surface area contributed by atoms with E-state index >= 15 is 0 Å². The third kappa shape index (κ3) is 5.23. The SMILES string of the molecule is CNC[C@@H](O)CN(Cc1ccc(F)cc1)NC. The maximum Gasteiger partial charge on any atom is 0.123 e. The lowest BCUT2D eigenvalue weighted by Crippen LogP contribution is -2.43. The van der Waals surface area contributed by atoms with Gasteiger partial charge in [-0.25, -0.2) is 9.40 Å². The molecule has 0 unspecified atom stereocenters. The Morgan fingerprint density at radius 1 is 1.29 bits per heavy atom. The number of benzene rings is 1. The van der Waals surface area contributed by atoms with Crippen molar-refractivity contribution < 1.29 is 9.50 Å². The molecule has 96 valence electrons. The van der Waals surface area contributed by atoms with Crippen LogP contribution in [-0.4, -0.2) is 43.4 Å². The van der Waals surface area contributed by atoms with Crippen molar-refractivity contribution in [1.29, 1.82) is 0 Å². The van der Waals surface area contributed by atoms with Gasteiger partial charge in [0.05, 0.1) is 6.10 Å². The van der Waals surface area contributed by atoms with Crippen molar-refractivity contribution in [2.75, 3.05) is 27.2 Å². The van der Waals surface area contributed by atoms with Crippen LogP contribution < -0.4 is 10.7 Å². The Morgan fingerprint density at radius 2 is 1.94 bits per heavy atom. The molecule has 0 saturated carbocycles. The standard InChI is InChI=1S/C12H20FN3O/c1-14-7-12(17)9-16(15-2)8-10-3-5-11(13)6-4-10/h3-6,12,14-15,17H,7-9H2,1-2H3/t12-/m1/s1. The van der Waals surface area contributed by atoms with Crippen molar-refractivity contribution in [2.45, 2.75) is 12.6 Å². The molecule has 0 aromatic heterocycles. The lowest BCUT2D eigenvalue weighted by atomic mass is 10.2. The quantitative estimate of drug-likeness (QED) is 0.603. The molecule has 0 fully saturated rings. The van der Waals surface area contributed by atoms with Crippen LogP contribution in [0.1, 0.15) is 5.56 Å². The molecule has 5 heteroatoms. The summed E-state index contributed by atoms with van der Waals surface area (Å²) < 4.78 is 12.7. The summed E-state index contributed by atoms with van der Waals surface area (Å²) >= 11 is 0. The average Bonchev–Trinajstić information content (AvgIpc) is 2.31. The highest BCUT2D eigenvalue weighted by Gasteiger charge is 2.10. The monoisotopic (exact) mass is 241 g/mol. The van der Waals surface area contributed by atoms with E-state index in [0.29, 0.717) is 19.6 Å². The van der Waals surface area contributed by atoms with Crippen molar-refractivity contribution in [3.8, 4) is 0 Å². The Labute approximate surface area is 101 Å². The number of nitrogens with zero attached hydrogens (tertiary/aromatic N) is 1. The highest BCUT2D eigenvalue weighted by molar-refractivity contribution is 5.15. The maximum atomic E-state index is 12.7. The molecular formula is C12H20FN3O. The molecule has 4 nitrogen and oxygen atoms in total. The Kier molecular flexibility index (Phi) is 6.07. The Balaban J connectivity index is 2.48. The number of hydrazine groups is 1. The lowest BCUT2D eigenvalue weighted by Gasteiger charge is -2.24. The smallest absolute Gasteiger partial charge is 0.123 e. The summed E-state index contributed by atoms with van der Waals surface area (Å²) in [6, 6.07) is 6.36. The van der Waals surface area contributed by atoms with Crippen molar-refractivity contribution >= 4 is 0 Å². The topological polar surface area (TPSA) is 47.5 Å². The molecule has 3 N–H and O–H groups in total. The molecule has 0 radical (unpaired) electrons. The van der Waals surface area contributed by atoms with Crippen LogP contribution in [0.3, 0.4) is 0 Å². The van der Waals surface area contributed by atoms with E-state index in [4.69, 9.17) is 0 Å². The molecule has 17 heavy (non-hydrogen) atoms. The minimum Gasteiger partial charge on any atom is -0.390 e. The normalized spacial score (nSPS) is 13.0. The van der Waals surface area contributed by atoms with Crippen molar-refractivity contribution in [1.82, 2.24) is 15.8 Å². The van der Waals surface area contributed by atoms with Gasteiger partial charge in [-0.2, -0.15) is 0 Å². The van der Waals surface area contributed by atoms with Crippen molar-refractivity contribution in [2.24, 2.45) is 0 Å². The van der Waals surface area contributed by atoms with Gasteiger partial charge in [0, 0.05) is 19.6 Å². The molecular weight excluding hydrogens is 221 g/mol. The molecule has 1 aromatic carbocycles. The molecule has 0 heterocycles. The predicted molar refractivity (Wildman–Crippen MR) is 65.8 cm³/mol. The number of aliphatic hydroxyl groups excluding tert-OH is 1. The summed E-state index contributed by atoms with van der Waals surface area (Å²) in [6.45, 7) is 1.67. The Hall–Kier alpha value is -1.01. The molecule has 0 bridgehead atoms. The molecule has 0 aliphatic rings. The first-order valence-electron chi connectivity index (χ1n) is 5.65. The first-order valence-corrected chi connectivity index (χ1v) is 5.65. The second-order valence-electron chi connectivity index (χ2n) is 3.94. The molecule has 0 spiro atoms. The summed E-state index contributed by atoms with van der Waals surface area (Å²) in [5.74, 6) is -0.236. The van der Waals surface area contributed by atoms with Crippen LogP contribution in [0.25, 0.3) is 0 Å². The van der Waals surface area contributed by atoms with E-state index < -0.39 is 6.10 Å². The van der Waals surface area contributed by atoms with Crippen LogP contribution in [-0.2, 0) is 6.54 Å². The number of nitrogens with one attached hydrogen (secondary N) is 2. The summed E-state index contributed by atoms with van der Waals surface area (Å²) in [7, 11) is 3.60. The number of halogens is 1. The first-order chi connectivity index (χ1) is 8.15. The average molecular weight is 241 g/mol. The van der Waals surface area contributed by atoms with Gasteiger partial charge in [-0.15, -0.1) is 0 Å². The number of aliphatic hydroxyl groups is 1. The van der Waals surface area contributed by atoms with E-state index in [-0.39, 0.29) is 5.82 Å². The number of likely N-dealkylation sites (N-methyl/N-ethyl adjacent to an activating group) is 1. The second kappa shape index (κ2) is 7.34. The van der Waals surface area contributed by atoms with E-state index in [1.165, 1.54) is 12.1 Å². The molecule has 1 rings (SSSR count). The van der Waals surface area contributed by atoms with Gasteiger partial charge in [0.15, 0.2) is 0 Å². The highest BCUT2D eigenvalue weighted by Crippen LogP contribution is 2.05. The zero-order valence-electron chi connectivity index (χ0n) is 10.3. The lowest BCUT2D eigenvalue weighted by molar-refractivity contribution is 0.0840. The van der Waals surface area contributed by atoms with Gasteiger partial charge in [0.1, 0.15) is 5.82 Å². The molecule has 0 aliphatic carbocycles. The largest absolute Gasteiger partial charge is 0.390 e.